The van der Waals surface area contributed by atoms with Gasteiger partial charge in [-0.15, -0.1) is 0 Å². The van der Waals surface area contributed by atoms with Crippen LogP contribution in [0.15, 0.2) is 28.7 Å². The van der Waals surface area contributed by atoms with Crippen LogP contribution in [-0.2, 0) is 16.1 Å². The van der Waals surface area contributed by atoms with Gasteiger partial charge >= 0.3 is 5.97 Å². The molecule has 1 atom stereocenters. The summed E-state index contributed by atoms with van der Waals surface area (Å²) >= 11 is 3.41. The zero-order chi connectivity index (χ0) is 13.5. The Bertz CT molecular complexity index is 398. The number of nitrogens with zero attached hydrogens (tertiary/aromatic N) is 1. The van der Waals surface area contributed by atoms with E-state index in [0.29, 0.717) is 19.7 Å². The first kappa shape index (κ1) is 15.1. The second-order valence-electron chi connectivity index (χ2n) is 4.11. The first-order valence-corrected chi connectivity index (χ1v) is 6.59. The van der Waals surface area contributed by atoms with E-state index < -0.39 is 12.1 Å². The van der Waals surface area contributed by atoms with E-state index in [1.165, 1.54) is 0 Å². The molecular weight excluding hydrogens is 298 g/mol. The molecule has 1 aromatic carbocycles. The summed E-state index contributed by atoms with van der Waals surface area (Å²) in [5.41, 5.74) is 1.13. The molecule has 0 saturated heterocycles. The summed E-state index contributed by atoms with van der Waals surface area (Å²) in [6, 6.07) is 7.96. The molecule has 5 heteroatoms. The van der Waals surface area contributed by atoms with Gasteiger partial charge in [0.15, 0.2) is 6.10 Å². The number of carboxylic acid groups (broad SMARTS) is 1. The summed E-state index contributed by atoms with van der Waals surface area (Å²) in [7, 11) is 1.88. The average molecular weight is 316 g/mol. The SMILES string of the molecule is CCOC(CN(C)Cc1cccc(Br)c1)C(=O)O. The molecule has 0 bridgehead atoms. The molecule has 0 heterocycles. The van der Waals surface area contributed by atoms with Crippen molar-refractivity contribution in [3.05, 3.63) is 34.3 Å². The van der Waals surface area contributed by atoms with Crippen molar-refractivity contribution < 1.29 is 14.6 Å². The fraction of sp³-hybridized carbons (Fsp3) is 0.462. The van der Waals surface area contributed by atoms with Crippen molar-refractivity contribution in [3.63, 3.8) is 0 Å². The van der Waals surface area contributed by atoms with Crippen LogP contribution in [0.4, 0.5) is 0 Å². The maximum Gasteiger partial charge on any atom is 0.334 e. The highest BCUT2D eigenvalue weighted by atomic mass is 79.9. The molecule has 4 nitrogen and oxygen atoms in total. The number of likely N-dealkylation sites (N-methyl/N-ethyl adjacent to an activating group) is 1. The fourth-order valence-electron chi connectivity index (χ4n) is 1.70. The van der Waals surface area contributed by atoms with Crippen LogP contribution in [-0.4, -0.2) is 42.3 Å². The Kier molecular flexibility index (Phi) is 6.32. The molecule has 0 aliphatic rings. The van der Waals surface area contributed by atoms with Gasteiger partial charge in [0.05, 0.1) is 0 Å². The summed E-state index contributed by atoms with van der Waals surface area (Å²) in [5, 5.41) is 9.00. The predicted molar refractivity (Wildman–Crippen MR) is 73.5 cm³/mol. The molecule has 0 aliphatic carbocycles. The zero-order valence-corrected chi connectivity index (χ0v) is 12.2. The summed E-state index contributed by atoms with van der Waals surface area (Å²) in [6.45, 7) is 3.26. The number of benzene rings is 1. The number of hydrogen-bond donors (Lipinski definition) is 1. The minimum Gasteiger partial charge on any atom is -0.479 e. The van der Waals surface area contributed by atoms with E-state index in [9.17, 15) is 4.79 Å². The normalized spacial score (nSPS) is 12.7. The molecular formula is C13H18BrNO3. The molecule has 1 N–H and O–H groups in total. The quantitative estimate of drug-likeness (QED) is 0.839. The molecule has 0 radical (unpaired) electrons. The molecule has 18 heavy (non-hydrogen) atoms. The van der Waals surface area contributed by atoms with Gasteiger partial charge in [0.25, 0.3) is 0 Å². The van der Waals surface area contributed by atoms with Gasteiger partial charge in [0.1, 0.15) is 0 Å². The van der Waals surface area contributed by atoms with Gasteiger partial charge < -0.3 is 9.84 Å². The van der Waals surface area contributed by atoms with Crippen LogP contribution in [0.25, 0.3) is 0 Å². The lowest BCUT2D eigenvalue weighted by Crippen LogP contribution is -2.36. The van der Waals surface area contributed by atoms with E-state index in [1.807, 2.05) is 36.2 Å². The maximum atomic E-state index is 11.0. The third kappa shape index (κ3) is 5.16. The molecule has 1 rings (SSSR count). The summed E-state index contributed by atoms with van der Waals surface area (Å²) in [6.07, 6.45) is -0.771. The highest BCUT2D eigenvalue weighted by molar-refractivity contribution is 9.10. The van der Waals surface area contributed by atoms with E-state index in [1.54, 1.807) is 6.92 Å². The predicted octanol–water partition coefficient (Wildman–Crippen LogP) is 2.37. The first-order chi connectivity index (χ1) is 8.52. The second-order valence-corrected chi connectivity index (χ2v) is 5.02. The molecule has 0 spiro atoms. The number of rotatable bonds is 7. The molecule has 0 saturated carbocycles. The Balaban J connectivity index is 2.54. The highest BCUT2D eigenvalue weighted by Gasteiger charge is 2.19. The number of aliphatic carboxylic acids is 1. The molecule has 0 fully saturated rings. The number of carboxylic acids is 1. The van der Waals surface area contributed by atoms with Gasteiger partial charge in [0, 0.05) is 24.2 Å². The third-order valence-corrected chi connectivity index (χ3v) is 2.96. The summed E-state index contributed by atoms with van der Waals surface area (Å²) in [4.78, 5) is 12.9. The fourth-order valence-corrected chi connectivity index (χ4v) is 2.14. The Morgan fingerprint density at radius 1 is 1.56 bits per heavy atom. The summed E-state index contributed by atoms with van der Waals surface area (Å²) < 4.78 is 6.21. The number of halogens is 1. The number of ether oxygens (including phenoxy) is 1. The number of hydrogen-bond acceptors (Lipinski definition) is 3. The van der Waals surface area contributed by atoms with Crippen LogP contribution in [0.1, 0.15) is 12.5 Å². The molecule has 0 aliphatic heterocycles. The Labute approximate surface area is 116 Å². The summed E-state index contributed by atoms with van der Waals surface area (Å²) in [5.74, 6) is -0.919. The first-order valence-electron chi connectivity index (χ1n) is 5.80. The van der Waals surface area contributed by atoms with Gasteiger partial charge in [0.2, 0.25) is 0 Å². The Morgan fingerprint density at radius 2 is 2.28 bits per heavy atom. The maximum absolute atomic E-state index is 11.0. The average Bonchev–Trinajstić information content (AvgIpc) is 2.28. The Morgan fingerprint density at radius 3 is 2.83 bits per heavy atom. The van der Waals surface area contributed by atoms with Crippen LogP contribution in [0.3, 0.4) is 0 Å². The van der Waals surface area contributed by atoms with Crippen LogP contribution in [0.2, 0.25) is 0 Å². The van der Waals surface area contributed by atoms with Gasteiger partial charge in [-0.2, -0.15) is 0 Å². The van der Waals surface area contributed by atoms with Crippen molar-refractivity contribution in [1.29, 1.82) is 0 Å². The van der Waals surface area contributed by atoms with Crippen LogP contribution in [0, 0.1) is 0 Å². The van der Waals surface area contributed by atoms with Crippen molar-refractivity contribution in [3.8, 4) is 0 Å². The second kappa shape index (κ2) is 7.51. The third-order valence-electron chi connectivity index (χ3n) is 2.46. The van der Waals surface area contributed by atoms with Gasteiger partial charge in [-0.1, -0.05) is 28.1 Å². The van der Waals surface area contributed by atoms with E-state index in [2.05, 4.69) is 15.9 Å². The topological polar surface area (TPSA) is 49.8 Å². The standard InChI is InChI=1S/C13H18BrNO3/c1-3-18-12(13(16)17)9-15(2)8-10-5-4-6-11(14)7-10/h4-7,12H,3,8-9H2,1-2H3,(H,16,17). The van der Waals surface area contributed by atoms with Crippen LogP contribution in [0.5, 0.6) is 0 Å². The highest BCUT2D eigenvalue weighted by Crippen LogP contribution is 2.13. The molecule has 1 unspecified atom stereocenters. The zero-order valence-electron chi connectivity index (χ0n) is 10.6. The lowest BCUT2D eigenvalue weighted by Gasteiger charge is -2.21. The van der Waals surface area contributed by atoms with Crippen molar-refractivity contribution in [2.24, 2.45) is 0 Å². The lowest BCUT2D eigenvalue weighted by molar-refractivity contribution is -0.151. The minimum atomic E-state index is -0.919. The lowest BCUT2D eigenvalue weighted by atomic mass is 10.2. The van der Waals surface area contributed by atoms with E-state index in [-0.39, 0.29) is 0 Å². The molecule has 1 aromatic rings. The van der Waals surface area contributed by atoms with Gasteiger partial charge in [-0.25, -0.2) is 4.79 Å². The van der Waals surface area contributed by atoms with E-state index in [0.717, 1.165) is 10.0 Å². The van der Waals surface area contributed by atoms with Crippen molar-refractivity contribution in [2.75, 3.05) is 20.2 Å². The van der Waals surface area contributed by atoms with E-state index in [4.69, 9.17) is 9.84 Å². The van der Waals surface area contributed by atoms with Crippen molar-refractivity contribution in [2.45, 2.75) is 19.6 Å². The Hall–Kier alpha value is -0.910. The molecule has 0 amide bonds. The van der Waals surface area contributed by atoms with Crippen molar-refractivity contribution in [1.82, 2.24) is 4.90 Å². The van der Waals surface area contributed by atoms with Crippen LogP contribution < -0.4 is 0 Å². The van der Waals surface area contributed by atoms with Gasteiger partial charge in [-0.3, -0.25) is 4.90 Å². The molecule has 100 valence electrons. The van der Waals surface area contributed by atoms with Crippen molar-refractivity contribution >= 4 is 21.9 Å². The smallest absolute Gasteiger partial charge is 0.334 e. The minimum absolute atomic E-state index is 0.371. The number of carbonyl (C=O) groups is 1. The largest absolute Gasteiger partial charge is 0.479 e. The molecule has 0 aromatic heterocycles. The van der Waals surface area contributed by atoms with E-state index >= 15 is 0 Å². The van der Waals surface area contributed by atoms with Crippen LogP contribution >= 0.6 is 15.9 Å². The van der Waals surface area contributed by atoms with Gasteiger partial charge in [-0.05, 0) is 31.7 Å². The monoisotopic (exact) mass is 315 g/mol.